The van der Waals surface area contributed by atoms with Crippen molar-refractivity contribution in [2.75, 3.05) is 6.54 Å². The van der Waals surface area contributed by atoms with Gasteiger partial charge < -0.3 is 11.5 Å². The van der Waals surface area contributed by atoms with Crippen LogP contribution in [0.15, 0.2) is 0 Å². The Bertz CT molecular complexity index is 83.0. The van der Waals surface area contributed by atoms with E-state index in [4.69, 9.17) is 11.5 Å². The first-order chi connectivity index (χ1) is 4.34. The molecular weight excluding hydrogens is 112 g/mol. The minimum atomic E-state index is 0.392. The molecule has 1 aliphatic rings. The van der Waals surface area contributed by atoms with E-state index in [1.807, 2.05) is 0 Å². The summed E-state index contributed by atoms with van der Waals surface area (Å²) in [6.07, 6.45) is 5.06. The molecule has 2 nitrogen and oxygen atoms in total. The first-order valence-electron chi connectivity index (χ1n) is 3.80. The summed E-state index contributed by atoms with van der Waals surface area (Å²) in [5.74, 6) is 0.610. The maximum absolute atomic E-state index is 5.81. The van der Waals surface area contributed by atoms with Crippen LogP contribution in [0.1, 0.15) is 25.7 Å². The van der Waals surface area contributed by atoms with Gasteiger partial charge in [-0.3, -0.25) is 0 Å². The first-order valence-corrected chi connectivity index (χ1v) is 3.80. The van der Waals surface area contributed by atoms with Crippen molar-refractivity contribution in [2.45, 2.75) is 31.7 Å². The van der Waals surface area contributed by atoms with Crippen molar-refractivity contribution < 1.29 is 0 Å². The van der Waals surface area contributed by atoms with Gasteiger partial charge in [-0.15, -0.1) is 0 Å². The van der Waals surface area contributed by atoms with E-state index < -0.39 is 0 Å². The van der Waals surface area contributed by atoms with Gasteiger partial charge >= 0.3 is 0 Å². The Kier molecular flexibility index (Phi) is 2.49. The fraction of sp³-hybridized carbons (Fsp3) is 1.00. The molecule has 0 saturated heterocycles. The summed E-state index contributed by atoms with van der Waals surface area (Å²) >= 11 is 0. The molecule has 9 heavy (non-hydrogen) atoms. The van der Waals surface area contributed by atoms with E-state index in [1.54, 1.807) is 0 Å². The highest BCUT2D eigenvalue weighted by molar-refractivity contribution is 4.77. The fourth-order valence-electron chi connectivity index (χ4n) is 1.53. The van der Waals surface area contributed by atoms with Crippen LogP contribution >= 0.6 is 0 Å². The van der Waals surface area contributed by atoms with Crippen LogP contribution in [0.2, 0.25) is 0 Å². The SMILES string of the molecule is NCC1CCCCC1N. The highest BCUT2D eigenvalue weighted by atomic mass is 14.7. The lowest BCUT2D eigenvalue weighted by Crippen LogP contribution is -2.37. The van der Waals surface area contributed by atoms with Crippen molar-refractivity contribution in [3.63, 3.8) is 0 Å². The maximum Gasteiger partial charge on any atom is 0.00792 e. The van der Waals surface area contributed by atoms with Gasteiger partial charge in [0.25, 0.3) is 0 Å². The lowest BCUT2D eigenvalue weighted by atomic mass is 9.85. The Morgan fingerprint density at radius 3 is 2.33 bits per heavy atom. The van der Waals surface area contributed by atoms with E-state index in [0.29, 0.717) is 12.0 Å². The topological polar surface area (TPSA) is 52.0 Å². The van der Waals surface area contributed by atoms with E-state index in [1.165, 1.54) is 25.7 Å². The van der Waals surface area contributed by atoms with Gasteiger partial charge in [0.1, 0.15) is 0 Å². The molecule has 1 rings (SSSR count). The van der Waals surface area contributed by atoms with Crippen molar-refractivity contribution >= 4 is 0 Å². The highest BCUT2D eigenvalue weighted by Gasteiger charge is 2.19. The van der Waals surface area contributed by atoms with Crippen LogP contribution in [-0.2, 0) is 0 Å². The van der Waals surface area contributed by atoms with E-state index in [2.05, 4.69) is 0 Å². The largest absolute Gasteiger partial charge is 0.330 e. The Morgan fingerprint density at radius 2 is 1.89 bits per heavy atom. The van der Waals surface area contributed by atoms with Crippen molar-refractivity contribution in [3.05, 3.63) is 0 Å². The molecule has 1 saturated carbocycles. The van der Waals surface area contributed by atoms with Crippen LogP contribution in [0.25, 0.3) is 0 Å². The van der Waals surface area contributed by atoms with E-state index in [-0.39, 0.29) is 0 Å². The standard InChI is InChI=1S/C7H16N2/c8-5-6-3-1-2-4-7(6)9/h6-7H,1-5,8-9H2. The van der Waals surface area contributed by atoms with Crippen molar-refractivity contribution in [1.29, 1.82) is 0 Å². The van der Waals surface area contributed by atoms with Crippen LogP contribution in [0.5, 0.6) is 0 Å². The zero-order valence-corrected chi connectivity index (χ0v) is 5.84. The lowest BCUT2D eigenvalue weighted by Gasteiger charge is -2.26. The molecule has 0 aromatic rings. The third kappa shape index (κ3) is 1.66. The molecule has 0 amide bonds. The molecule has 2 atom stereocenters. The third-order valence-electron chi connectivity index (χ3n) is 2.27. The molecule has 0 bridgehead atoms. The normalized spacial score (nSPS) is 36.7. The molecule has 0 aromatic carbocycles. The van der Waals surface area contributed by atoms with Gasteiger partial charge in [0, 0.05) is 6.04 Å². The van der Waals surface area contributed by atoms with Crippen LogP contribution in [0.4, 0.5) is 0 Å². The third-order valence-corrected chi connectivity index (χ3v) is 2.27. The van der Waals surface area contributed by atoms with E-state index in [9.17, 15) is 0 Å². The Morgan fingerprint density at radius 1 is 1.22 bits per heavy atom. The Balaban J connectivity index is 2.30. The van der Waals surface area contributed by atoms with Crippen LogP contribution in [0, 0.1) is 5.92 Å². The Hall–Kier alpha value is -0.0800. The van der Waals surface area contributed by atoms with Crippen molar-refractivity contribution in [2.24, 2.45) is 17.4 Å². The molecule has 4 N–H and O–H groups in total. The van der Waals surface area contributed by atoms with Crippen molar-refractivity contribution in [1.82, 2.24) is 0 Å². The quantitative estimate of drug-likeness (QED) is 0.539. The summed E-state index contributed by atoms with van der Waals surface area (Å²) in [6, 6.07) is 0.392. The zero-order chi connectivity index (χ0) is 6.69. The molecule has 0 aromatic heterocycles. The molecule has 1 aliphatic carbocycles. The summed E-state index contributed by atoms with van der Waals surface area (Å²) in [4.78, 5) is 0. The summed E-state index contributed by atoms with van der Waals surface area (Å²) in [7, 11) is 0. The average molecular weight is 128 g/mol. The molecule has 1 fully saturated rings. The predicted molar refractivity (Wildman–Crippen MR) is 39.0 cm³/mol. The number of nitrogens with two attached hydrogens (primary N) is 2. The number of rotatable bonds is 1. The van der Waals surface area contributed by atoms with Crippen molar-refractivity contribution in [3.8, 4) is 0 Å². The maximum atomic E-state index is 5.81. The summed E-state index contributed by atoms with van der Waals surface area (Å²) < 4.78 is 0. The number of hydrogen-bond donors (Lipinski definition) is 2. The van der Waals surface area contributed by atoms with Gasteiger partial charge in [0.05, 0.1) is 0 Å². The highest BCUT2D eigenvalue weighted by Crippen LogP contribution is 2.21. The van der Waals surface area contributed by atoms with Gasteiger partial charge in [-0.25, -0.2) is 0 Å². The second-order valence-electron chi connectivity index (χ2n) is 2.94. The van der Waals surface area contributed by atoms with Gasteiger partial charge in [0.2, 0.25) is 0 Å². The van der Waals surface area contributed by atoms with Crippen LogP contribution in [0.3, 0.4) is 0 Å². The smallest absolute Gasteiger partial charge is 0.00792 e. The number of hydrogen-bond acceptors (Lipinski definition) is 2. The van der Waals surface area contributed by atoms with Gasteiger partial charge in [0.15, 0.2) is 0 Å². The first kappa shape index (κ1) is 7.03. The van der Waals surface area contributed by atoms with Crippen LogP contribution < -0.4 is 11.5 Å². The van der Waals surface area contributed by atoms with Gasteiger partial charge in [-0.05, 0) is 25.3 Å². The van der Waals surface area contributed by atoms with Crippen LogP contribution in [-0.4, -0.2) is 12.6 Å². The van der Waals surface area contributed by atoms with E-state index in [0.717, 1.165) is 6.54 Å². The molecular formula is C7H16N2. The minimum absolute atomic E-state index is 0.392. The molecule has 2 heteroatoms. The van der Waals surface area contributed by atoms with E-state index >= 15 is 0 Å². The second kappa shape index (κ2) is 3.18. The molecule has 0 spiro atoms. The summed E-state index contributed by atoms with van der Waals surface area (Å²) in [6.45, 7) is 0.779. The predicted octanol–water partition coefficient (Wildman–Crippen LogP) is 0.463. The summed E-state index contributed by atoms with van der Waals surface area (Å²) in [5.41, 5.74) is 11.3. The average Bonchev–Trinajstić information content (AvgIpc) is 1.89. The fourth-order valence-corrected chi connectivity index (χ4v) is 1.53. The van der Waals surface area contributed by atoms with Gasteiger partial charge in [-0.1, -0.05) is 12.8 Å². The Labute approximate surface area is 56.6 Å². The molecule has 0 heterocycles. The lowest BCUT2D eigenvalue weighted by molar-refractivity contribution is 0.315. The molecule has 0 radical (unpaired) electrons. The zero-order valence-electron chi connectivity index (χ0n) is 5.84. The van der Waals surface area contributed by atoms with Gasteiger partial charge in [-0.2, -0.15) is 0 Å². The molecule has 2 unspecified atom stereocenters. The molecule has 0 aliphatic heterocycles. The summed E-state index contributed by atoms with van der Waals surface area (Å²) in [5, 5.41) is 0. The minimum Gasteiger partial charge on any atom is -0.330 e. The molecule has 54 valence electrons. The second-order valence-corrected chi connectivity index (χ2v) is 2.94. The monoisotopic (exact) mass is 128 g/mol.